The molecule has 2 rings (SSSR count). The van der Waals surface area contributed by atoms with Crippen LogP contribution < -0.4 is 5.32 Å². The van der Waals surface area contributed by atoms with Crippen molar-refractivity contribution in [2.24, 2.45) is 17.8 Å². The molecule has 0 aromatic heterocycles. The highest BCUT2D eigenvalue weighted by atomic mass is 16.5. The van der Waals surface area contributed by atoms with Gasteiger partial charge in [-0.15, -0.1) is 0 Å². The van der Waals surface area contributed by atoms with Gasteiger partial charge in [0.1, 0.15) is 6.10 Å². The van der Waals surface area contributed by atoms with Crippen LogP contribution in [0.3, 0.4) is 0 Å². The van der Waals surface area contributed by atoms with Crippen LogP contribution in [0.4, 0.5) is 0 Å². The van der Waals surface area contributed by atoms with E-state index in [2.05, 4.69) is 26.1 Å². The van der Waals surface area contributed by atoms with E-state index in [-0.39, 0.29) is 18.1 Å². The molecule has 20 heavy (non-hydrogen) atoms. The van der Waals surface area contributed by atoms with Gasteiger partial charge >= 0.3 is 5.97 Å². The van der Waals surface area contributed by atoms with Crippen molar-refractivity contribution < 1.29 is 14.3 Å². The van der Waals surface area contributed by atoms with E-state index in [4.69, 9.17) is 9.47 Å². The average Bonchev–Trinajstić information content (AvgIpc) is 2.39. The fourth-order valence-electron chi connectivity index (χ4n) is 3.42. The molecule has 2 aliphatic rings. The molecule has 0 aromatic rings. The van der Waals surface area contributed by atoms with Crippen LogP contribution in [0.25, 0.3) is 0 Å². The van der Waals surface area contributed by atoms with Gasteiger partial charge in [0.15, 0.2) is 0 Å². The van der Waals surface area contributed by atoms with Gasteiger partial charge < -0.3 is 14.8 Å². The van der Waals surface area contributed by atoms with E-state index in [0.717, 1.165) is 19.6 Å². The second-order valence-corrected chi connectivity index (χ2v) is 6.78. The minimum atomic E-state index is -0.0715. The summed E-state index contributed by atoms with van der Waals surface area (Å²) < 4.78 is 11.2. The zero-order valence-corrected chi connectivity index (χ0v) is 13.1. The van der Waals surface area contributed by atoms with Crippen molar-refractivity contribution in [3.8, 4) is 0 Å². The number of hydrogen-bond acceptors (Lipinski definition) is 4. The first kappa shape index (κ1) is 15.8. The number of rotatable bonds is 4. The van der Waals surface area contributed by atoms with Crippen LogP contribution in [0.15, 0.2) is 0 Å². The Bertz CT molecular complexity index is 313. The SMILES string of the molecule is CC1CCC(C(C)C)C(OC(=O)CC2COCCN2)C1. The molecule has 2 fully saturated rings. The van der Waals surface area contributed by atoms with Gasteiger partial charge in [0.05, 0.1) is 19.6 Å². The Hall–Kier alpha value is -0.610. The minimum Gasteiger partial charge on any atom is -0.462 e. The van der Waals surface area contributed by atoms with Gasteiger partial charge in [-0.1, -0.05) is 27.2 Å². The van der Waals surface area contributed by atoms with Crippen LogP contribution in [0.1, 0.15) is 46.5 Å². The molecule has 1 saturated carbocycles. The van der Waals surface area contributed by atoms with Crippen LogP contribution >= 0.6 is 0 Å². The highest BCUT2D eigenvalue weighted by Crippen LogP contribution is 2.35. The van der Waals surface area contributed by atoms with E-state index in [9.17, 15) is 4.79 Å². The third-order valence-corrected chi connectivity index (χ3v) is 4.66. The predicted octanol–water partition coefficient (Wildman–Crippen LogP) is 2.37. The lowest BCUT2D eigenvalue weighted by Gasteiger charge is -2.37. The highest BCUT2D eigenvalue weighted by molar-refractivity contribution is 5.70. The zero-order valence-electron chi connectivity index (χ0n) is 13.1. The number of esters is 1. The lowest BCUT2D eigenvalue weighted by Crippen LogP contribution is -2.43. The lowest BCUT2D eigenvalue weighted by molar-refractivity contribution is -0.157. The van der Waals surface area contributed by atoms with Crippen molar-refractivity contribution in [2.75, 3.05) is 19.8 Å². The maximum absolute atomic E-state index is 12.1. The Balaban J connectivity index is 1.83. The molecule has 1 saturated heterocycles. The molecule has 1 aliphatic heterocycles. The molecule has 4 unspecified atom stereocenters. The topological polar surface area (TPSA) is 47.6 Å². The van der Waals surface area contributed by atoms with E-state index >= 15 is 0 Å². The molecular weight excluding hydrogens is 254 g/mol. The van der Waals surface area contributed by atoms with Gasteiger partial charge in [0, 0.05) is 12.6 Å². The maximum Gasteiger partial charge on any atom is 0.307 e. The van der Waals surface area contributed by atoms with Crippen molar-refractivity contribution in [1.29, 1.82) is 0 Å². The molecule has 1 N–H and O–H groups in total. The zero-order chi connectivity index (χ0) is 14.5. The van der Waals surface area contributed by atoms with Crippen molar-refractivity contribution in [3.05, 3.63) is 0 Å². The number of carbonyl (C=O) groups excluding carboxylic acids is 1. The number of ether oxygens (including phenoxy) is 2. The summed E-state index contributed by atoms with van der Waals surface area (Å²) in [4.78, 5) is 12.1. The van der Waals surface area contributed by atoms with Crippen molar-refractivity contribution >= 4 is 5.97 Å². The summed E-state index contributed by atoms with van der Waals surface area (Å²) in [5, 5.41) is 3.30. The highest BCUT2D eigenvalue weighted by Gasteiger charge is 2.33. The number of morpholine rings is 1. The largest absolute Gasteiger partial charge is 0.462 e. The minimum absolute atomic E-state index is 0.0715. The predicted molar refractivity (Wildman–Crippen MR) is 78.4 cm³/mol. The van der Waals surface area contributed by atoms with E-state index in [1.165, 1.54) is 12.8 Å². The summed E-state index contributed by atoms with van der Waals surface area (Å²) in [5.41, 5.74) is 0. The Morgan fingerprint density at radius 1 is 1.40 bits per heavy atom. The molecule has 116 valence electrons. The summed E-state index contributed by atoms with van der Waals surface area (Å²) in [5.74, 6) is 1.69. The van der Waals surface area contributed by atoms with E-state index in [1.807, 2.05) is 0 Å². The summed E-state index contributed by atoms with van der Waals surface area (Å²) in [6.45, 7) is 8.90. The molecule has 0 spiro atoms. The van der Waals surface area contributed by atoms with Gasteiger partial charge in [-0.05, 0) is 30.6 Å². The third-order valence-electron chi connectivity index (χ3n) is 4.66. The lowest BCUT2D eigenvalue weighted by atomic mass is 9.75. The second-order valence-electron chi connectivity index (χ2n) is 6.78. The van der Waals surface area contributed by atoms with Crippen LogP contribution in [0.5, 0.6) is 0 Å². The number of hydrogen-bond donors (Lipinski definition) is 1. The fourth-order valence-corrected chi connectivity index (χ4v) is 3.42. The van der Waals surface area contributed by atoms with Crippen LogP contribution in [-0.2, 0) is 14.3 Å². The number of nitrogens with one attached hydrogen (secondary N) is 1. The van der Waals surface area contributed by atoms with E-state index in [1.54, 1.807) is 0 Å². The first-order valence-corrected chi connectivity index (χ1v) is 8.07. The molecule has 1 aliphatic carbocycles. The summed E-state index contributed by atoms with van der Waals surface area (Å²) in [6.07, 6.45) is 3.99. The fraction of sp³-hybridized carbons (Fsp3) is 0.938. The first-order valence-electron chi connectivity index (χ1n) is 8.07. The average molecular weight is 283 g/mol. The molecule has 0 bridgehead atoms. The van der Waals surface area contributed by atoms with Crippen LogP contribution in [0, 0.1) is 17.8 Å². The van der Waals surface area contributed by atoms with Crippen molar-refractivity contribution in [3.63, 3.8) is 0 Å². The standard InChI is InChI=1S/C16H29NO3/c1-11(2)14-5-4-12(3)8-15(14)20-16(18)9-13-10-19-7-6-17-13/h11-15,17H,4-10H2,1-3H3. The normalized spacial score (nSPS) is 35.0. The first-order chi connectivity index (χ1) is 9.56. The molecule has 0 amide bonds. The van der Waals surface area contributed by atoms with Gasteiger partial charge in [-0.3, -0.25) is 4.79 Å². The van der Waals surface area contributed by atoms with Gasteiger partial charge in [-0.25, -0.2) is 0 Å². The van der Waals surface area contributed by atoms with E-state index in [0.29, 0.717) is 30.8 Å². The Morgan fingerprint density at radius 3 is 2.85 bits per heavy atom. The second kappa shape index (κ2) is 7.41. The van der Waals surface area contributed by atoms with Gasteiger partial charge in [0.25, 0.3) is 0 Å². The molecular formula is C16H29NO3. The quantitative estimate of drug-likeness (QED) is 0.805. The third kappa shape index (κ3) is 4.45. The molecule has 4 atom stereocenters. The molecule has 4 heteroatoms. The van der Waals surface area contributed by atoms with Crippen molar-refractivity contribution in [2.45, 2.75) is 58.6 Å². The maximum atomic E-state index is 12.1. The Labute approximate surface area is 122 Å². The van der Waals surface area contributed by atoms with Crippen LogP contribution in [0.2, 0.25) is 0 Å². The van der Waals surface area contributed by atoms with Gasteiger partial charge in [-0.2, -0.15) is 0 Å². The van der Waals surface area contributed by atoms with Crippen LogP contribution in [-0.4, -0.2) is 37.9 Å². The van der Waals surface area contributed by atoms with E-state index < -0.39 is 0 Å². The summed E-state index contributed by atoms with van der Waals surface area (Å²) in [7, 11) is 0. The molecule has 1 heterocycles. The smallest absolute Gasteiger partial charge is 0.307 e. The molecule has 0 aromatic carbocycles. The summed E-state index contributed by atoms with van der Waals surface area (Å²) >= 11 is 0. The Morgan fingerprint density at radius 2 is 2.20 bits per heavy atom. The number of carbonyl (C=O) groups is 1. The molecule has 0 radical (unpaired) electrons. The Kier molecular flexibility index (Phi) is 5.85. The van der Waals surface area contributed by atoms with Crippen molar-refractivity contribution in [1.82, 2.24) is 5.32 Å². The molecule has 4 nitrogen and oxygen atoms in total. The van der Waals surface area contributed by atoms with Gasteiger partial charge in [0.2, 0.25) is 0 Å². The summed E-state index contributed by atoms with van der Waals surface area (Å²) in [6, 6.07) is 0.120. The monoisotopic (exact) mass is 283 g/mol.